The molecule has 0 fully saturated rings. The Kier molecular flexibility index (Phi) is 2.24. The molecule has 0 radical (unpaired) electrons. The maximum absolute atomic E-state index is 5.27. The van der Waals surface area contributed by atoms with Gasteiger partial charge >= 0.3 is 0 Å². The Morgan fingerprint density at radius 2 is 2.56 bits per heavy atom. The lowest BCUT2D eigenvalue weighted by atomic mass is 10.3. The molecule has 2 N–H and O–H groups in total. The number of hydrogen-bond acceptors (Lipinski definition) is 3. The largest absolute Gasteiger partial charge is 0.360 e. The van der Waals surface area contributed by atoms with Gasteiger partial charge in [-0.1, -0.05) is 5.16 Å². The molecule has 0 aromatic carbocycles. The molecule has 0 saturated heterocycles. The lowest BCUT2D eigenvalue weighted by Crippen LogP contribution is -2.01. The van der Waals surface area contributed by atoms with E-state index in [2.05, 4.69) is 21.1 Å². The molecule has 1 rings (SSSR count). The van der Waals surface area contributed by atoms with Crippen molar-refractivity contribution < 1.29 is 4.52 Å². The summed E-state index contributed by atoms with van der Waals surface area (Å²) in [5, 5.41) is 3.62. The van der Waals surface area contributed by atoms with Crippen molar-refractivity contribution in [3.63, 3.8) is 0 Å². The Bertz CT molecular complexity index is 187. The molecular formula is C5H7BrN2O. The molecule has 0 aliphatic carbocycles. The fourth-order valence-electron chi connectivity index (χ4n) is 0.548. The van der Waals surface area contributed by atoms with E-state index in [-0.39, 0.29) is 0 Å². The van der Waals surface area contributed by atoms with Crippen LogP contribution in [0.15, 0.2) is 15.2 Å². The number of aromatic nitrogens is 1. The van der Waals surface area contributed by atoms with Crippen LogP contribution in [0.1, 0.15) is 5.76 Å². The second-order valence-electron chi connectivity index (χ2n) is 1.65. The standard InChI is InChI=1S/C5H7BrN2O/c6-5-3-4(1-2-7)9-8-5/h3H,1-2,7H2. The SMILES string of the molecule is NCCc1cc(Br)no1. The average Bonchev–Trinajstić information content (AvgIpc) is 2.17. The molecule has 0 spiro atoms. The van der Waals surface area contributed by atoms with Crippen LogP contribution in [0.3, 0.4) is 0 Å². The number of nitrogens with zero attached hydrogens (tertiary/aromatic N) is 1. The van der Waals surface area contributed by atoms with E-state index in [9.17, 15) is 0 Å². The Balaban J connectivity index is 2.61. The van der Waals surface area contributed by atoms with Crippen LogP contribution in [0, 0.1) is 0 Å². The molecule has 9 heavy (non-hydrogen) atoms. The number of hydrogen-bond donors (Lipinski definition) is 1. The van der Waals surface area contributed by atoms with Crippen molar-refractivity contribution >= 4 is 15.9 Å². The first-order valence-corrected chi connectivity index (χ1v) is 3.43. The lowest BCUT2D eigenvalue weighted by Gasteiger charge is -1.84. The summed E-state index contributed by atoms with van der Waals surface area (Å²) >= 11 is 3.16. The zero-order valence-corrected chi connectivity index (χ0v) is 6.39. The normalized spacial score (nSPS) is 10.0. The molecule has 1 aromatic heterocycles. The molecule has 0 aliphatic rings. The van der Waals surface area contributed by atoms with Crippen molar-refractivity contribution in [2.24, 2.45) is 5.73 Å². The van der Waals surface area contributed by atoms with Crippen molar-refractivity contribution in [2.45, 2.75) is 6.42 Å². The van der Waals surface area contributed by atoms with Gasteiger partial charge in [-0.2, -0.15) is 0 Å². The van der Waals surface area contributed by atoms with E-state index in [4.69, 9.17) is 10.3 Å². The minimum Gasteiger partial charge on any atom is -0.360 e. The molecule has 0 atom stereocenters. The first kappa shape index (κ1) is 6.77. The molecular weight excluding hydrogens is 184 g/mol. The molecule has 1 aromatic rings. The Labute approximate surface area is 61.3 Å². The van der Waals surface area contributed by atoms with Gasteiger partial charge < -0.3 is 10.3 Å². The van der Waals surface area contributed by atoms with Crippen LogP contribution in [0.5, 0.6) is 0 Å². The summed E-state index contributed by atoms with van der Waals surface area (Å²) in [6.07, 6.45) is 0.749. The lowest BCUT2D eigenvalue weighted by molar-refractivity contribution is 0.381. The third-order valence-corrected chi connectivity index (χ3v) is 1.29. The zero-order chi connectivity index (χ0) is 6.69. The molecule has 0 unspecified atom stereocenters. The maximum Gasteiger partial charge on any atom is 0.149 e. The van der Waals surface area contributed by atoms with Gasteiger partial charge in [0, 0.05) is 12.5 Å². The van der Waals surface area contributed by atoms with Gasteiger partial charge in [0.15, 0.2) is 0 Å². The molecule has 3 nitrogen and oxygen atoms in total. The van der Waals surface area contributed by atoms with Gasteiger partial charge in [-0.3, -0.25) is 0 Å². The molecule has 0 amide bonds. The van der Waals surface area contributed by atoms with Crippen LogP contribution < -0.4 is 5.73 Å². The van der Waals surface area contributed by atoms with E-state index < -0.39 is 0 Å². The van der Waals surface area contributed by atoms with Crippen LogP contribution in [-0.4, -0.2) is 11.7 Å². The predicted octanol–water partition coefficient (Wildman–Crippen LogP) is 0.938. The average molecular weight is 191 g/mol. The highest BCUT2D eigenvalue weighted by Gasteiger charge is 1.97. The van der Waals surface area contributed by atoms with Gasteiger partial charge in [-0.05, 0) is 22.5 Å². The van der Waals surface area contributed by atoms with Crippen molar-refractivity contribution in [2.75, 3.05) is 6.54 Å². The Hall–Kier alpha value is -0.350. The van der Waals surface area contributed by atoms with Crippen LogP contribution in [0.2, 0.25) is 0 Å². The second kappa shape index (κ2) is 2.98. The van der Waals surface area contributed by atoms with E-state index in [0.717, 1.165) is 16.8 Å². The monoisotopic (exact) mass is 190 g/mol. The van der Waals surface area contributed by atoms with Gasteiger partial charge in [0.05, 0.1) is 0 Å². The smallest absolute Gasteiger partial charge is 0.149 e. The molecule has 4 heteroatoms. The maximum atomic E-state index is 5.27. The highest BCUT2D eigenvalue weighted by Crippen LogP contribution is 2.09. The molecule has 50 valence electrons. The van der Waals surface area contributed by atoms with E-state index >= 15 is 0 Å². The van der Waals surface area contributed by atoms with Crippen LogP contribution in [0.25, 0.3) is 0 Å². The van der Waals surface area contributed by atoms with Crippen LogP contribution >= 0.6 is 15.9 Å². The van der Waals surface area contributed by atoms with Gasteiger partial charge in [0.1, 0.15) is 10.4 Å². The summed E-state index contributed by atoms with van der Waals surface area (Å²) in [4.78, 5) is 0. The van der Waals surface area contributed by atoms with E-state index in [0.29, 0.717) is 6.54 Å². The first-order valence-electron chi connectivity index (χ1n) is 2.64. The molecule has 0 saturated carbocycles. The van der Waals surface area contributed by atoms with Gasteiger partial charge in [-0.25, -0.2) is 0 Å². The van der Waals surface area contributed by atoms with Crippen LogP contribution in [0.4, 0.5) is 0 Å². The zero-order valence-electron chi connectivity index (χ0n) is 4.80. The minimum atomic E-state index is 0.599. The number of halogens is 1. The molecule has 1 heterocycles. The topological polar surface area (TPSA) is 52.0 Å². The van der Waals surface area contributed by atoms with Gasteiger partial charge in [-0.15, -0.1) is 0 Å². The van der Waals surface area contributed by atoms with Crippen molar-refractivity contribution in [3.05, 3.63) is 16.4 Å². The quantitative estimate of drug-likeness (QED) is 0.756. The van der Waals surface area contributed by atoms with Crippen LogP contribution in [-0.2, 0) is 6.42 Å². The summed E-state index contributed by atoms with van der Waals surface area (Å²) in [7, 11) is 0. The fraction of sp³-hybridized carbons (Fsp3) is 0.400. The third kappa shape index (κ3) is 1.80. The Morgan fingerprint density at radius 1 is 1.78 bits per heavy atom. The van der Waals surface area contributed by atoms with Crippen molar-refractivity contribution in [1.29, 1.82) is 0 Å². The van der Waals surface area contributed by atoms with Gasteiger partial charge in [0.25, 0.3) is 0 Å². The fourth-order valence-corrected chi connectivity index (χ4v) is 0.876. The van der Waals surface area contributed by atoms with E-state index in [1.165, 1.54) is 0 Å². The summed E-state index contributed by atoms with van der Waals surface area (Å²) in [6.45, 7) is 0.599. The molecule has 0 bridgehead atoms. The summed E-state index contributed by atoms with van der Waals surface area (Å²) in [6, 6.07) is 1.81. The predicted molar refractivity (Wildman–Crippen MR) is 37.0 cm³/mol. The third-order valence-electron chi connectivity index (χ3n) is 0.921. The van der Waals surface area contributed by atoms with Crippen molar-refractivity contribution in [3.8, 4) is 0 Å². The summed E-state index contributed by atoms with van der Waals surface area (Å²) in [5.41, 5.74) is 5.27. The first-order chi connectivity index (χ1) is 4.33. The summed E-state index contributed by atoms with van der Waals surface area (Å²) < 4.78 is 5.56. The number of nitrogens with two attached hydrogens (primary N) is 1. The minimum absolute atomic E-state index is 0.599. The van der Waals surface area contributed by atoms with E-state index in [1.807, 2.05) is 6.07 Å². The van der Waals surface area contributed by atoms with Gasteiger partial charge in [0.2, 0.25) is 0 Å². The highest BCUT2D eigenvalue weighted by atomic mass is 79.9. The van der Waals surface area contributed by atoms with E-state index in [1.54, 1.807) is 0 Å². The van der Waals surface area contributed by atoms with Crippen molar-refractivity contribution in [1.82, 2.24) is 5.16 Å². The second-order valence-corrected chi connectivity index (χ2v) is 2.47. The number of rotatable bonds is 2. The highest BCUT2D eigenvalue weighted by molar-refractivity contribution is 9.10. The summed E-state index contributed by atoms with van der Waals surface area (Å²) in [5.74, 6) is 0.823. The Morgan fingerprint density at radius 3 is 3.00 bits per heavy atom. The molecule has 0 aliphatic heterocycles.